The Morgan fingerprint density at radius 2 is 1.80 bits per heavy atom. The minimum atomic E-state index is -1.87. The summed E-state index contributed by atoms with van der Waals surface area (Å²) in [4.78, 5) is 98.4. The van der Waals surface area contributed by atoms with Crippen LogP contribution in [-0.4, -0.2) is 137 Å². The number of ether oxygens (including phenoxy) is 5. The number of alkyl carbamates (subject to hydrolysis) is 1. The van der Waals surface area contributed by atoms with Crippen LogP contribution in [0.2, 0.25) is 5.02 Å². The molecule has 8 atom stereocenters. The van der Waals surface area contributed by atoms with Crippen molar-refractivity contribution in [3.05, 3.63) is 46.5 Å². The Morgan fingerprint density at radius 1 is 1.12 bits per heavy atom. The van der Waals surface area contributed by atoms with Crippen LogP contribution in [0.5, 0.6) is 5.75 Å². The van der Waals surface area contributed by atoms with Gasteiger partial charge in [0, 0.05) is 57.6 Å². The number of thioether (sulfide) groups is 1. The maximum Gasteiger partial charge on any atom is 0.409 e. The molecule has 4 heterocycles. The molecule has 4 aliphatic rings. The van der Waals surface area contributed by atoms with E-state index in [1.165, 1.54) is 49.8 Å². The monoisotopic (exact) mass is 934 g/mol. The fourth-order valence-corrected chi connectivity index (χ4v) is 9.04. The first kappa shape index (κ1) is 50.3. The lowest BCUT2D eigenvalue weighted by molar-refractivity contribution is -0.195. The second kappa shape index (κ2) is 20.2. The number of allylic oxidation sites excluding steroid dienone is 3. The maximum absolute atomic E-state index is 14.3. The number of aliphatic hydroxyl groups is 1. The van der Waals surface area contributed by atoms with Crippen LogP contribution in [-0.2, 0) is 59.0 Å². The van der Waals surface area contributed by atoms with Gasteiger partial charge in [-0.2, -0.15) is 0 Å². The molecule has 0 aliphatic carbocycles. The van der Waals surface area contributed by atoms with Gasteiger partial charge in [-0.15, -0.1) is 16.8 Å². The average molecular weight is 935 g/mol. The summed E-state index contributed by atoms with van der Waals surface area (Å²) in [6, 6.07) is 2.41. The fourth-order valence-electron chi connectivity index (χ4n) is 7.91. The molecule has 0 saturated carbocycles. The summed E-state index contributed by atoms with van der Waals surface area (Å²) in [6.45, 7) is 10.5. The summed E-state index contributed by atoms with van der Waals surface area (Å²) in [5.41, 5.74) is -1.16. The van der Waals surface area contributed by atoms with Gasteiger partial charge in [-0.1, -0.05) is 56.2 Å². The van der Waals surface area contributed by atoms with E-state index < -0.39 is 94.1 Å². The number of nitrogens with zero attached hydrogens (tertiary/aromatic N) is 3. The number of hydrogen-bond acceptors (Lipinski definition) is 15. The third kappa shape index (κ3) is 11.6. The van der Waals surface area contributed by atoms with Crippen molar-refractivity contribution in [3.8, 4) is 5.75 Å². The summed E-state index contributed by atoms with van der Waals surface area (Å²) in [5, 5.41) is 15.0. The van der Waals surface area contributed by atoms with Gasteiger partial charge >= 0.3 is 18.0 Å². The van der Waals surface area contributed by atoms with E-state index in [0.29, 0.717) is 22.9 Å². The number of esters is 1. The van der Waals surface area contributed by atoms with Gasteiger partial charge in [-0.05, 0) is 51.3 Å². The number of epoxide rings is 1. The number of carbonyl (C=O) groups excluding carboxylic acids is 7. The molecule has 5 rings (SSSR count). The van der Waals surface area contributed by atoms with Crippen molar-refractivity contribution in [2.75, 3.05) is 39.0 Å². The third-order valence-corrected chi connectivity index (χ3v) is 14.0. The largest absolute Gasteiger partial charge is 0.495 e. The van der Waals surface area contributed by atoms with Crippen LogP contribution in [0.4, 0.5) is 10.5 Å². The van der Waals surface area contributed by atoms with Crippen molar-refractivity contribution < 1.29 is 67.2 Å². The molecule has 0 spiro atoms. The molecule has 0 unspecified atom stereocenters. The highest BCUT2D eigenvalue weighted by molar-refractivity contribution is 8.01. The first-order valence-electron chi connectivity index (χ1n) is 21.0. The summed E-state index contributed by atoms with van der Waals surface area (Å²) < 4.78 is 28.7. The molecule has 352 valence electrons. The zero-order chi connectivity index (χ0) is 47.5. The smallest absolute Gasteiger partial charge is 0.409 e. The number of fused-ring (bicyclic) bond motifs is 5. The number of imide groups is 1. The van der Waals surface area contributed by atoms with E-state index in [4.69, 9.17) is 40.1 Å². The fraction of sp³-hybridized carbons (Fsp3) is 0.614. The highest BCUT2D eigenvalue weighted by Gasteiger charge is 2.64. The van der Waals surface area contributed by atoms with Crippen LogP contribution < -0.4 is 15.0 Å². The Kier molecular flexibility index (Phi) is 15.9. The summed E-state index contributed by atoms with van der Waals surface area (Å²) in [5.74, 6) is -4.08. The molecule has 1 aromatic carbocycles. The minimum absolute atomic E-state index is 0.0149. The summed E-state index contributed by atoms with van der Waals surface area (Å²) in [7, 11) is 5.88. The van der Waals surface area contributed by atoms with Crippen molar-refractivity contribution in [1.82, 2.24) is 15.3 Å². The van der Waals surface area contributed by atoms with Crippen LogP contribution in [0.3, 0.4) is 0 Å². The van der Waals surface area contributed by atoms with Gasteiger partial charge in [0.15, 0.2) is 5.72 Å². The van der Waals surface area contributed by atoms with Crippen molar-refractivity contribution in [2.45, 2.75) is 133 Å². The molecule has 0 aromatic heterocycles. The lowest BCUT2D eigenvalue weighted by Gasteiger charge is -2.42. The lowest BCUT2D eigenvalue weighted by Crippen LogP contribution is -2.63. The van der Waals surface area contributed by atoms with Crippen LogP contribution in [0, 0.1) is 5.92 Å². The Bertz CT molecular complexity index is 2070. The molecule has 3 fully saturated rings. The summed E-state index contributed by atoms with van der Waals surface area (Å²) in [6.07, 6.45) is 0.656. The van der Waals surface area contributed by atoms with E-state index in [0.717, 1.165) is 11.1 Å². The number of nitrogens with one attached hydrogen (secondary N) is 1. The highest BCUT2D eigenvalue weighted by Crippen LogP contribution is 2.49. The van der Waals surface area contributed by atoms with E-state index >= 15 is 0 Å². The molecule has 1 aromatic rings. The third-order valence-electron chi connectivity index (χ3n) is 12.2. The number of amides is 5. The number of halogens is 1. The zero-order valence-electron chi connectivity index (χ0n) is 37.9. The first-order valence-corrected chi connectivity index (χ1v) is 22.3. The van der Waals surface area contributed by atoms with Crippen molar-refractivity contribution in [2.24, 2.45) is 5.92 Å². The molecule has 5 amide bonds. The highest BCUT2D eigenvalue weighted by atomic mass is 35.5. The normalized spacial score (nSPS) is 29.4. The zero-order valence-corrected chi connectivity index (χ0v) is 39.5. The molecule has 2 N–H and O–H groups in total. The topological polar surface area (TPSA) is 220 Å². The number of methoxy groups -OCH3 is 2. The maximum atomic E-state index is 14.3. The van der Waals surface area contributed by atoms with Gasteiger partial charge in [0.1, 0.15) is 40.7 Å². The molecule has 64 heavy (non-hydrogen) atoms. The Morgan fingerprint density at radius 3 is 2.44 bits per heavy atom. The number of benzene rings is 1. The second-order valence-corrected chi connectivity index (χ2v) is 19.6. The Labute approximate surface area is 382 Å². The van der Waals surface area contributed by atoms with Gasteiger partial charge in [-0.25, -0.2) is 14.4 Å². The summed E-state index contributed by atoms with van der Waals surface area (Å²) >= 11 is 7.97. The van der Waals surface area contributed by atoms with E-state index in [-0.39, 0.29) is 49.3 Å². The molecule has 18 nitrogen and oxygen atoms in total. The SMILES string of the molecule is COc1cc2cc(c1Cl)N(C)C(=O)C[C@H](OC(=O)[C@H](C)N(C)C(=O)CCC(C)(C)SCC(=O)ON1C(=O)CCC1=O)[C@@]1(C)O[C@H]1[C@H](C)[C@@H]1C[C@@](O)(NC(=O)O1)[C@H](OC)/C=C/C=C(\C)C2. The van der Waals surface area contributed by atoms with E-state index in [2.05, 4.69) is 5.32 Å². The Balaban J connectivity index is 1.36. The standard InChI is InChI=1S/C44H59ClN4O14S/c1-24-12-11-13-31(59-10)44(57)22-30(60-41(56)46-44)25(2)39-43(6,62-39)32(21-36(53)48(8)28-19-27(18-24)20-29(58-9)38(28)45)61-40(55)26(3)47(7)33(50)16-17-42(4,5)64-23-37(54)63-49-34(51)14-15-35(49)52/h11-13,19-20,25-26,30-32,39,57H,14-18,21-23H2,1-10H3,(H,46,56)/b13-11+,24-12+/t25-,26+,30+,31-,32+,39+,43-,44+/m1/s1. The van der Waals surface area contributed by atoms with Crippen molar-refractivity contribution >= 4 is 70.7 Å². The number of hydrogen-bond donors (Lipinski definition) is 2. The first-order chi connectivity index (χ1) is 29.9. The van der Waals surface area contributed by atoms with Gasteiger partial charge in [0.05, 0.1) is 31.1 Å². The van der Waals surface area contributed by atoms with Crippen LogP contribution in [0.25, 0.3) is 0 Å². The molecule has 3 saturated heterocycles. The van der Waals surface area contributed by atoms with Crippen molar-refractivity contribution in [1.29, 1.82) is 0 Å². The van der Waals surface area contributed by atoms with Crippen LogP contribution in [0.15, 0.2) is 35.9 Å². The van der Waals surface area contributed by atoms with E-state index in [1.807, 2.05) is 26.8 Å². The van der Waals surface area contributed by atoms with Crippen LogP contribution in [0.1, 0.15) is 85.6 Å². The molecule has 0 radical (unpaired) electrons. The molecule has 20 heteroatoms. The predicted octanol–water partition coefficient (Wildman–Crippen LogP) is 4.41. The Hall–Kier alpha value is -4.69. The number of carbonyl (C=O) groups is 7. The van der Waals surface area contributed by atoms with Gasteiger partial charge in [0.25, 0.3) is 11.8 Å². The van der Waals surface area contributed by atoms with E-state index in [1.54, 1.807) is 45.2 Å². The van der Waals surface area contributed by atoms with Crippen molar-refractivity contribution in [3.63, 3.8) is 0 Å². The molecule has 4 aliphatic heterocycles. The molecular weight excluding hydrogens is 876 g/mol. The lowest BCUT2D eigenvalue weighted by atomic mass is 9.83. The van der Waals surface area contributed by atoms with E-state index in [9.17, 15) is 38.7 Å². The average Bonchev–Trinajstić information content (AvgIpc) is 3.85. The van der Waals surface area contributed by atoms with Gasteiger partial charge < -0.3 is 43.4 Å². The number of rotatable bonds is 12. The minimum Gasteiger partial charge on any atom is -0.495 e. The molecule has 4 bridgehead atoms. The van der Waals surface area contributed by atoms with Crippen LogP contribution >= 0.6 is 23.4 Å². The van der Waals surface area contributed by atoms with Gasteiger partial charge in [0.2, 0.25) is 11.8 Å². The number of anilines is 1. The quantitative estimate of drug-likeness (QED) is 0.168. The van der Waals surface area contributed by atoms with Gasteiger partial charge in [-0.3, -0.25) is 24.5 Å². The second-order valence-electron chi connectivity index (χ2n) is 17.5. The predicted molar refractivity (Wildman–Crippen MR) is 234 cm³/mol. The number of likely N-dealkylation sites (N-methyl/N-ethyl adjacent to an activating group) is 1. The molecular formula is C44H59ClN4O14S. The number of hydroxylamine groups is 2.